The number of rotatable bonds is 7. The van der Waals surface area contributed by atoms with E-state index in [0.717, 1.165) is 21.9 Å². The van der Waals surface area contributed by atoms with Crippen LogP contribution in [-0.4, -0.2) is 32.2 Å². The van der Waals surface area contributed by atoms with Crippen LogP contribution in [0.4, 0.5) is 5.69 Å². The van der Waals surface area contributed by atoms with Crippen LogP contribution in [0.15, 0.2) is 71.1 Å². The van der Waals surface area contributed by atoms with E-state index in [9.17, 15) is 9.59 Å². The number of anilines is 1. The highest BCUT2D eigenvalue weighted by atomic mass is 16.6. The normalized spacial score (nSPS) is 10.7. The van der Waals surface area contributed by atoms with Gasteiger partial charge in [0.15, 0.2) is 24.7 Å². The first kappa shape index (κ1) is 19.3. The summed E-state index contributed by atoms with van der Waals surface area (Å²) in [6, 6.07) is 20.0. The van der Waals surface area contributed by atoms with Gasteiger partial charge in [-0.05, 0) is 36.4 Å². The Balaban J connectivity index is 1.32. The SMILES string of the molecule is COc1ccccc1OCC(=O)OCC(=O)Nc1ccc2oc3ccccc3c2c1. The molecule has 152 valence electrons. The van der Waals surface area contributed by atoms with Gasteiger partial charge in [0.2, 0.25) is 0 Å². The first-order chi connectivity index (χ1) is 14.6. The van der Waals surface area contributed by atoms with Crippen molar-refractivity contribution in [3.05, 3.63) is 66.7 Å². The van der Waals surface area contributed by atoms with Gasteiger partial charge in [-0.2, -0.15) is 0 Å². The van der Waals surface area contributed by atoms with E-state index in [2.05, 4.69) is 5.32 Å². The molecule has 0 unspecified atom stereocenters. The van der Waals surface area contributed by atoms with Crippen LogP contribution in [0.5, 0.6) is 11.5 Å². The monoisotopic (exact) mass is 405 g/mol. The van der Waals surface area contributed by atoms with Crippen LogP contribution in [0.1, 0.15) is 0 Å². The van der Waals surface area contributed by atoms with E-state index in [0.29, 0.717) is 17.2 Å². The number of furan rings is 1. The van der Waals surface area contributed by atoms with Crippen LogP contribution in [0.2, 0.25) is 0 Å². The summed E-state index contributed by atoms with van der Waals surface area (Å²) < 4.78 is 21.3. The number of fused-ring (bicyclic) bond motifs is 3. The first-order valence-electron chi connectivity index (χ1n) is 9.26. The molecule has 4 rings (SSSR count). The van der Waals surface area contributed by atoms with Crippen molar-refractivity contribution >= 4 is 39.5 Å². The van der Waals surface area contributed by atoms with Gasteiger partial charge >= 0.3 is 5.97 Å². The van der Waals surface area contributed by atoms with Crippen molar-refractivity contribution in [3.8, 4) is 11.5 Å². The summed E-state index contributed by atoms with van der Waals surface area (Å²) >= 11 is 0. The van der Waals surface area contributed by atoms with Crippen molar-refractivity contribution in [2.75, 3.05) is 25.6 Å². The molecule has 30 heavy (non-hydrogen) atoms. The van der Waals surface area contributed by atoms with E-state index in [1.54, 1.807) is 36.4 Å². The molecule has 1 N–H and O–H groups in total. The number of hydrogen-bond donors (Lipinski definition) is 1. The van der Waals surface area contributed by atoms with Gasteiger partial charge in [0.1, 0.15) is 11.2 Å². The number of carbonyl (C=O) groups excluding carboxylic acids is 2. The number of para-hydroxylation sites is 3. The van der Waals surface area contributed by atoms with Crippen molar-refractivity contribution in [2.24, 2.45) is 0 Å². The highest BCUT2D eigenvalue weighted by Gasteiger charge is 2.12. The third kappa shape index (κ3) is 4.20. The maximum absolute atomic E-state index is 12.2. The minimum Gasteiger partial charge on any atom is -0.493 e. The largest absolute Gasteiger partial charge is 0.493 e. The molecule has 0 saturated carbocycles. The Morgan fingerprint density at radius 1 is 0.867 bits per heavy atom. The lowest BCUT2D eigenvalue weighted by atomic mass is 10.1. The molecule has 0 aliphatic heterocycles. The molecule has 0 bridgehead atoms. The van der Waals surface area contributed by atoms with Crippen LogP contribution in [0.25, 0.3) is 21.9 Å². The van der Waals surface area contributed by atoms with E-state index in [4.69, 9.17) is 18.6 Å². The van der Waals surface area contributed by atoms with Crippen LogP contribution < -0.4 is 14.8 Å². The summed E-state index contributed by atoms with van der Waals surface area (Å²) in [4.78, 5) is 24.0. The Morgan fingerprint density at radius 2 is 1.60 bits per heavy atom. The summed E-state index contributed by atoms with van der Waals surface area (Å²) in [6.45, 7) is -0.751. The van der Waals surface area contributed by atoms with Crippen molar-refractivity contribution in [2.45, 2.75) is 0 Å². The molecule has 1 amide bonds. The first-order valence-corrected chi connectivity index (χ1v) is 9.26. The van der Waals surface area contributed by atoms with Crippen molar-refractivity contribution in [3.63, 3.8) is 0 Å². The number of benzene rings is 3. The Morgan fingerprint density at radius 3 is 2.43 bits per heavy atom. The number of methoxy groups -OCH3 is 1. The van der Waals surface area contributed by atoms with Gasteiger partial charge in [-0.15, -0.1) is 0 Å². The van der Waals surface area contributed by atoms with Gasteiger partial charge in [0.25, 0.3) is 5.91 Å². The molecule has 7 nitrogen and oxygen atoms in total. The molecule has 0 radical (unpaired) electrons. The number of ether oxygens (including phenoxy) is 3. The molecule has 0 aliphatic rings. The van der Waals surface area contributed by atoms with E-state index in [1.807, 2.05) is 30.3 Å². The Kier molecular flexibility index (Phi) is 5.52. The number of carbonyl (C=O) groups is 2. The van der Waals surface area contributed by atoms with Gasteiger partial charge < -0.3 is 23.9 Å². The van der Waals surface area contributed by atoms with Gasteiger partial charge in [0.05, 0.1) is 7.11 Å². The van der Waals surface area contributed by atoms with E-state index < -0.39 is 18.5 Å². The molecular weight excluding hydrogens is 386 g/mol. The quantitative estimate of drug-likeness (QED) is 0.465. The third-order valence-electron chi connectivity index (χ3n) is 4.44. The second kappa shape index (κ2) is 8.57. The number of amides is 1. The maximum atomic E-state index is 12.2. The zero-order valence-electron chi connectivity index (χ0n) is 16.2. The summed E-state index contributed by atoms with van der Waals surface area (Å²) in [7, 11) is 1.51. The fraction of sp³-hybridized carbons (Fsp3) is 0.130. The third-order valence-corrected chi connectivity index (χ3v) is 4.44. The van der Waals surface area contributed by atoms with Crippen LogP contribution in [-0.2, 0) is 14.3 Å². The lowest BCUT2D eigenvalue weighted by Crippen LogP contribution is -2.23. The predicted octanol–water partition coefficient (Wildman–Crippen LogP) is 4.16. The summed E-state index contributed by atoms with van der Waals surface area (Å²) in [6.07, 6.45) is 0. The van der Waals surface area contributed by atoms with E-state index in [1.165, 1.54) is 7.11 Å². The zero-order chi connectivity index (χ0) is 20.9. The van der Waals surface area contributed by atoms with Crippen LogP contribution >= 0.6 is 0 Å². The van der Waals surface area contributed by atoms with E-state index >= 15 is 0 Å². The molecule has 0 fully saturated rings. The van der Waals surface area contributed by atoms with Gasteiger partial charge in [-0.1, -0.05) is 30.3 Å². The fourth-order valence-corrected chi connectivity index (χ4v) is 3.06. The standard InChI is InChI=1S/C23H19NO6/c1-27-20-8-4-5-9-21(20)28-14-23(26)29-13-22(25)24-15-10-11-19-17(12-15)16-6-2-3-7-18(16)30-19/h2-12H,13-14H2,1H3,(H,24,25). The zero-order valence-corrected chi connectivity index (χ0v) is 16.2. The molecule has 3 aromatic carbocycles. The Labute approximate surface area is 172 Å². The summed E-state index contributed by atoms with van der Waals surface area (Å²) in [5.41, 5.74) is 2.09. The predicted molar refractivity (Wildman–Crippen MR) is 112 cm³/mol. The van der Waals surface area contributed by atoms with Crippen molar-refractivity contribution in [1.29, 1.82) is 0 Å². The minimum atomic E-state index is -0.660. The van der Waals surface area contributed by atoms with Crippen molar-refractivity contribution < 1.29 is 28.2 Å². The highest BCUT2D eigenvalue weighted by Crippen LogP contribution is 2.30. The van der Waals surface area contributed by atoms with Gasteiger partial charge in [-0.3, -0.25) is 4.79 Å². The maximum Gasteiger partial charge on any atom is 0.344 e. The van der Waals surface area contributed by atoms with Crippen molar-refractivity contribution in [1.82, 2.24) is 0 Å². The molecule has 1 aromatic heterocycles. The minimum absolute atomic E-state index is 0.333. The average Bonchev–Trinajstić information content (AvgIpc) is 3.14. The van der Waals surface area contributed by atoms with Gasteiger partial charge in [0, 0.05) is 16.5 Å². The molecule has 0 saturated heterocycles. The molecule has 0 aliphatic carbocycles. The van der Waals surface area contributed by atoms with E-state index in [-0.39, 0.29) is 6.61 Å². The Bertz CT molecular complexity index is 1210. The highest BCUT2D eigenvalue weighted by molar-refractivity contribution is 6.07. The molecule has 7 heteroatoms. The second-order valence-electron chi connectivity index (χ2n) is 6.46. The molecule has 4 aromatic rings. The number of hydrogen-bond acceptors (Lipinski definition) is 6. The summed E-state index contributed by atoms with van der Waals surface area (Å²) in [5, 5.41) is 4.57. The topological polar surface area (TPSA) is 87.0 Å². The van der Waals surface area contributed by atoms with Crippen LogP contribution in [0.3, 0.4) is 0 Å². The van der Waals surface area contributed by atoms with Gasteiger partial charge in [-0.25, -0.2) is 4.79 Å². The molecule has 1 heterocycles. The number of esters is 1. The summed E-state index contributed by atoms with van der Waals surface area (Å²) in [5.74, 6) is -0.188. The average molecular weight is 405 g/mol. The molecule has 0 spiro atoms. The lowest BCUT2D eigenvalue weighted by Gasteiger charge is -2.10. The second-order valence-corrected chi connectivity index (χ2v) is 6.46. The Hall–Kier alpha value is -4.00. The number of nitrogens with one attached hydrogen (secondary N) is 1. The molecular formula is C23H19NO6. The fourth-order valence-electron chi connectivity index (χ4n) is 3.06. The smallest absolute Gasteiger partial charge is 0.344 e. The molecule has 0 atom stereocenters. The lowest BCUT2D eigenvalue weighted by molar-refractivity contribution is -0.149. The van der Waals surface area contributed by atoms with Crippen LogP contribution in [0, 0.1) is 0 Å².